The van der Waals surface area contributed by atoms with Crippen molar-refractivity contribution in [1.29, 1.82) is 0 Å². The molecule has 0 bridgehead atoms. The van der Waals surface area contributed by atoms with E-state index in [4.69, 9.17) is 0 Å². The van der Waals surface area contributed by atoms with Crippen LogP contribution in [-0.4, -0.2) is 13.3 Å². The lowest BCUT2D eigenvalue weighted by Crippen LogP contribution is -2.23. The molecule has 110 valence electrons. The van der Waals surface area contributed by atoms with Crippen LogP contribution in [0.4, 0.5) is 5.69 Å². The van der Waals surface area contributed by atoms with Crippen LogP contribution in [0.25, 0.3) is 0 Å². The van der Waals surface area contributed by atoms with Gasteiger partial charge in [-0.05, 0) is 18.2 Å². The predicted octanol–water partition coefficient (Wildman–Crippen LogP) is 2.84. The maximum Gasteiger partial charge on any atom is 0.273 e. The summed E-state index contributed by atoms with van der Waals surface area (Å²) >= 11 is 3.20. The molecular formula is C13H11BrN2O4S. The van der Waals surface area contributed by atoms with Gasteiger partial charge in [-0.3, -0.25) is 10.1 Å². The lowest BCUT2D eigenvalue weighted by molar-refractivity contribution is -0.385. The van der Waals surface area contributed by atoms with E-state index in [2.05, 4.69) is 20.7 Å². The fourth-order valence-electron chi connectivity index (χ4n) is 1.73. The number of sulfonamides is 1. The molecule has 0 saturated heterocycles. The minimum atomic E-state index is -3.73. The number of hydrogen-bond acceptors (Lipinski definition) is 4. The van der Waals surface area contributed by atoms with Gasteiger partial charge in [-0.1, -0.05) is 40.2 Å². The highest BCUT2D eigenvalue weighted by atomic mass is 79.9. The molecule has 2 aromatic rings. The van der Waals surface area contributed by atoms with Crippen LogP contribution in [-0.2, 0) is 16.6 Å². The molecule has 0 amide bonds. The minimum absolute atomic E-state index is 0.0930. The first-order valence-corrected chi connectivity index (χ1v) is 8.15. The van der Waals surface area contributed by atoms with Crippen LogP contribution >= 0.6 is 15.9 Å². The second kappa shape index (κ2) is 6.33. The summed E-state index contributed by atoms with van der Waals surface area (Å²) in [4.78, 5) is 10.4. The van der Waals surface area contributed by atoms with Gasteiger partial charge >= 0.3 is 0 Å². The highest BCUT2D eigenvalue weighted by Crippen LogP contribution is 2.19. The zero-order valence-electron chi connectivity index (χ0n) is 10.7. The fraction of sp³-hybridized carbons (Fsp3) is 0.0769. The van der Waals surface area contributed by atoms with Gasteiger partial charge in [0.2, 0.25) is 10.0 Å². The topological polar surface area (TPSA) is 89.3 Å². The van der Waals surface area contributed by atoms with E-state index in [-0.39, 0.29) is 17.1 Å². The van der Waals surface area contributed by atoms with Crippen molar-refractivity contribution in [3.63, 3.8) is 0 Å². The standard InChI is InChI=1S/C13H11BrN2O4S/c14-11-5-3-6-12(8-11)21(19,20)15-9-10-4-1-2-7-13(10)16(17)18/h1-8,15H,9H2. The Hall–Kier alpha value is -1.77. The molecule has 0 spiro atoms. The summed E-state index contributed by atoms with van der Waals surface area (Å²) in [5.74, 6) is 0. The van der Waals surface area contributed by atoms with E-state index in [0.717, 1.165) is 0 Å². The molecular weight excluding hydrogens is 360 g/mol. The Kier molecular flexibility index (Phi) is 4.71. The maximum absolute atomic E-state index is 12.1. The molecule has 0 heterocycles. The third-order valence-corrected chi connectivity index (χ3v) is 4.64. The summed E-state index contributed by atoms with van der Waals surface area (Å²) in [5, 5.41) is 10.9. The molecule has 0 atom stereocenters. The number of nitro groups is 1. The Balaban J connectivity index is 2.22. The molecule has 2 rings (SSSR count). The maximum atomic E-state index is 12.1. The third kappa shape index (κ3) is 3.87. The van der Waals surface area contributed by atoms with Crippen molar-refractivity contribution in [2.75, 3.05) is 0 Å². The smallest absolute Gasteiger partial charge is 0.258 e. The Bertz CT molecular complexity index is 777. The number of nitrogens with one attached hydrogen (secondary N) is 1. The molecule has 0 fully saturated rings. The second-order valence-electron chi connectivity index (χ2n) is 4.17. The third-order valence-electron chi connectivity index (χ3n) is 2.75. The molecule has 2 aromatic carbocycles. The number of nitrogens with zero attached hydrogens (tertiary/aromatic N) is 1. The van der Waals surface area contributed by atoms with Crippen LogP contribution in [0.3, 0.4) is 0 Å². The van der Waals surface area contributed by atoms with Crippen molar-refractivity contribution in [1.82, 2.24) is 4.72 Å². The van der Waals surface area contributed by atoms with Crippen LogP contribution in [0.15, 0.2) is 57.9 Å². The first kappa shape index (κ1) is 15.6. The van der Waals surface area contributed by atoms with E-state index < -0.39 is 14.9 Å². The average molecular weight is 371 g/mol. The molecule has 0 unspecified atom stereocenters. The Morgan fingerprint density at radius 2 is 1.86 bits per heavy atom. The van der Waals surface area contributed by atoms with E-state index in [9.17, 15) is 18.5 Å². The Morgan fingerprint density at radius 3 is 2.52 bits per heavy atom. The van der Waals surface area contributed by atoms with Crippen LogP contribution in [0, 0.1) is 10.1 Å². The van der Waals surface area contributed by atoms with Gasteiger partial charge in [0.05, 0.1) is 9.82 Å². The van der Waals surface area contributed by atoms with Gasteiger partial charge in [0, 0.05) is 22.6 Å². The average Bonchev–Trinajstić information content (AvgIpc) is 2.45. The quantitative estimate of drug-likeness (QED) is 0.647. The summed E-state index contributed by atoms with van der Waals surface area (Å²) < 4.78 is 27.3. The van der Waals surface area contributed by atoms with Crippen LogP contribution in [0.5, 0.6) is 0 Å². The van der Waals surface area contributed by atoms with Crippen LogP contribution in [0.2, 0.25) is 0 Å². The molecule has 21 heavy (non-hydrogen) atoms. The molecule has 0 aromatic heterocycles. The number of para-hydroxylation sites is 1. The lowest BCUT2D eigenvalue weighted by Gasteiger charge is -2.07. The number of benzene rings is 2. The first-order valence-electron chi connectivity index (χ1n) is 5.88. The number of hydrogen-bond donors (Lipinski definition) is 1. The summed E-state index contributed by atoms with van der Waals surface area (Å²) in [7, 11) is -3.73. The van der Waals surface area contributed by atoms with Crippen molar-refractivity contribution < 1.29 is 13.3 Å². The number of nitro benzene ring substituents is 1. The van der Waals surface area contributed by atoms with E-state index in [1.165, 1.54) is 30.3 Å². The highest BCUT2D eigenvalue weighted by molar-refractivity contribution is 9.10. The van der Waals surface area contributed by atoms with Crippen molar-refractivity contribution in [2.24, 2.45) is 0 Å². The lowest BCUT2D eigenvalue weighted by atomic mass is 10.2. The molecule has 1 N–H and O–H groups in total. The molecule has 0 aliphatic rings. The van der Waals surface area contributed by atoms with E-state index in [1.807, 2.05) is 0 Å². The zero-order chi connectivity index (χ0) is 15.5. The molecule has 0 saturated carbocycles. The number of rotatable bonds is 5. The zero-order valence-corrected chi connectivity index (χ0v) is 13.1. The largest absolute Gasteiger partial charge is 0.273 e. The summed E-state index contributed by atoms with van der Waals surface area (Å²) in [5.41, 5.74) is 0.190. The Labute approximate surface area is 130 Å². The van der Waals surface area contributed by atoms with E-state index >= 15 is 0 Å². The van der Waals surface area contributed by atoms with Crippen molar-refractivity contribution in [3.8, 4) is 0 Å². The van der Waals surface area contributed by atoms with Gasteiger partial charge in [-0.2, -0.15) is 0 Å². The highest BCUT2D eigenvalue weighted by Gasteiger charge is 2.17. The van der Waals surface area contributed by atoms with Gasteiger partial charge in [-0.25, -0.2) is 13.1 Å². The predicted molar refractivity (Wildman–Crippen MR) is 81.3 cm³/mol. The van der Waals surface area contributed by atoms with E-state index in [1.54, 1.807) is 18.2 Å². The molecule has 0 aliphatic heterocycles. The normalized spacial score (nSPS) is 11.3. The molecule has 0 radical (unpaired) electrons. The second-order valence-corrected chi connectivity index (χ2v) is 6.85. The van der Waals surface area contributed by atoms with E-state index in [0.29, 0.717) is 10.0 Å². The van der Waals surface area contributed by atoms with Gasteiger partial charge in [0.25, 0.3) is 5.69 Å². The van der Waals surface area contributed by atoms with Crippen LogP contribution < -0.4 is 4.72 Å². The van der Waals surface area contributed by atoms with Crippen LogP contribution in [0.1, 0.15) is 5.56 Å². The van der Waals surface area contributed by atoms with Gasteiger partial charge < -0.3 is 0 Å². The van der Waals surface area contributed by atoms with Gasteiger partial charge in [0.1, 0.15) is 0 Å². The fourth-order valence-corrected chi connectivity index (χ4v) is 3.33. The summed E-state index contributed by atoms with van der Waals surface area (Å²) in [6.45, 7) is -0.147. The summed E-state index contributed by atoms with van der Waals surface area (Å²) in [6, 6.07) is 12.2. The number of halogens is 1. The van der Waals surface area contributed by atoms with Crippen molar-refractivity contribution in [2.45, 2.75) is 11.4 Å². The molecule has 6 nitrogen and oxygen atoms in total. The molecule has 8 heteroatoms. The Morgan fingerprint density at radius 1 is 1.14 bits per heavy atom. The van der Waals surface area contributed by atoms with Crippen molar-refractivity contribution in [3.05, 3.63) is 68.7 Å². The van der Waals surface area contributed by atoms with Gasteiger partial charge in [0.15, 0.2) is 0 Å². The molecule has 0 aliphatic carbocycles. The van der Waals surface area contributed by atoms with Crippen molar-refractivity contribution >= 4 is 31.6 Å². The van der Waals surface area contributed by atoms with Gasteiger partial charge in [-0.15, -0.1) is 0 Å². The minimum Gasteiger partial charge on any atom is -0.258 e. The SMILES string of the molecule is O=[N+]([O-])c1ccccc1CNS(=O)(=O)c1cccc(Br)c1. The monoisotopic (exact) mass is 370 g/mol. The summed E-state index contributed by atoms with van der Waals surface area (Å²) in [6.07, 6.45) is 0. The first-order chi connectivity index (χ1) is 9.90.